The van der Waals surface area contributed by atoms with Gasteiger partial charge in [0.1, 0.15) is 12.3 Å². The number of terminal acetylenes is 1. The number of hydrogen-bond acceptors (Lipinski definition) is 4. The Morgan fingerprint density at radius 2 is 2.08 bits per heavy atom. The Balaban J connectivity index is 2.38. The Bertz CT molecular complexity index is 737. The number of likely N-dealkylation sites (N-methyl/N-ethyl adjacent to an activating group) is 1. The van der Waals surface area contributed by atoms with Gasteiger partial charge >= 0.3 is 6.03 Å². The van der Waals surface area contributed by atoms with Crippen molar-refractivity contribution in [3.8, 4) is 23.8 Å². The second kappa shape index (κ2) is 7.75. The monoisotopic (exact) mass is 348 g/mol. The number of urea groups is 1. The number of halogens is 1. The molecule has 7 heteroatoms. The van der Waals surface area contributed by atoms with Gasteiger partial charge in [0.15, 0.2) is 11.5 Å². The molecule has 0 spiro atoms. The lowest BCUT2D eigenvalue weighted by atomic mass is 10.1. The van der Waals surface area contributed by atoms with Gasteiger partial charge in [0, 0.05) is 6.54 Å². The number of benzene rings is 1. The molecule has 1 N–H and O–H groups in total. The number of hydrogen-bond donors (Lipinski definition) is 1. The van der Waals surface area contributed by atoms with Crippen molar-refractivity contribution >= 4 is 29.6 Å². The Morgan fingerprint density at radius 1 is 1.33 bits per heavy atom. The summed E-state index contributed by atoms with van der Waals surface area (Å²) in [5.41, 5.74) is 0.774. The zero-order valence-corrected chi connectivity index (χ0v) is 14.1. The maximum atomic E-state index is 12.1. The molecule has 0 aromatic heterocycles. The summed E-state index contributed by atoms with van der Waals surface area (Å²) in [5.74, 6) is 2.73. The minimum atomic E-state index is -0.446. The molecule has 1 heterocycles. The summed E-state index contributed by atoms with van der Waals surface area (Å²) >= 11 is 6.23. The van der Waals surface area contributed by atoms with E-state index in [1.165, 1.54) is 6.08 Å². The normalized spacial score (nSPS) is 15.4. The lowest BCUT2D eigenvalue weighted by molar-refractivity contribution is -0.122. The van der Waals surface area contributed by atoms with Gasteiger partial charge in [-0.05, 0) is 37.6 Å². The number of nitrogens with zero attached hydrogens (tertiary/aromatic N) is 1. The molecule has 3 amide bonds. The molecule has 2 rings (SSSR count). The van der Waals surface area contributed by atoms with E-state index >= 15 is 0 Å². The van der Waals surface area contributed by atoms with Crippen molar-refractivity contribution in [3.05, 3.63) is 28.4 Å². The second-order valence-electron chi connectivity index (χ2n) is 4.79. The predicted octanol–water partition coefficient (Wildman–Crippen LogP) is 2.66. The lowest BCUT2D eigenvalue weighted by Crippen LogP contribution is -2.30. The van der Waals surface area contributed by atoms with Gasteiger partial charge in [-0.15, -0.1) is 6.42 Å². The summed E-state index contributed by atoms with van der Waals surface area (Å²) < 4.78 is 10.9. The van der Waals surface area contributed by atoms with Crippen LogP contribution in [0.15, 0.2) is 17.8 Å². The first-order valence-electron chi connectivity index (χ1n) is 7.38. The topological polar surface area (TPSA) is 67.9 Å². The zero-order chi connectivity index (χ0) is 17.7. The third kappa shape index (κ3) is 3.63. The highest BCUT2D eigenvalue weighted by atomic mass is 35.5. The molecule has 0 unspecified atom stereocenters. The minimum Gasteiger partial charge on any atom is -0.490 e. The highest BCUT2D eigenvalue weighted by molar-refractivity contribution is 6.32. The van der Waals surface area contributed by atoms with E-state index in [4.69, 9.17) is 27.5 Å². The molecule has 24 heavy (non-hydrogen) atoms. The predicted molar refractivity (Wildman–Crippen MR) is 90.8 cm³/mol. The molecule has 1 fully saturated rings. The van der Waals surface area contributed by atoms with Crippen molar-refractivity contribution in [1.29, 1.82) is 0 Å². The Morgan fingerprint density at radius 3 is 2.67 bits per heavy atom. The maximum absolute atomic E-state index is 12.1. The molecule has 1 saturated heterocycles. The van der Waals surface area contributed by atoms with Crippen molar-refractivity contribution in [3.63, 3.8) is 0 Å². The van der Waals surface area contributed by atoms with Crippen molar-refractivity contribution in [2.24, 2.45) is 0 Å². The van der Waals surface area contributed by atoms with Crippen LogP contribution in [-0.2, 0) is 4.79 Å². The first-order chi connectivity index (χ1) is 11.5. The number of nitrogens with one attached hydrogen (secondary N) is 1. The van der Waals surface area contributed by atoms with E-state index in [1.807, 2.05) is 6.92 Å². The summed E-state index contributed by atoms with van der Waals surface area (Å²) in [4.78, 5) is 24.9. The fourth-order valence-electron chi connectivity index (χ4n) is 2.21. The van der Waals surface area contributed by atoms with E-state index < -0.39 is 6.03 Å². The van der Waals surface area contributed by atoms with Gasteiger partial charge in [0.2, 0.25) is 0 Å². The van der Waals surface area contributed by atoms with E-state index in [0.717, 1.165) is 4.90 Å². The number of rotatable bonds is 6. The number of carbonyl (C=O) groups excluding carboxylic acids is 2. The van der Waals surface area contributed by atoms with Crippen LogP contribution in [0, 0.1) is 12.3 Å². The molecule has 0 radical (unpaired) electrons. The summed E-state index contributed by atoms with van der Waals surface area (Å²) in [6, 6.07) is 2.83. The number of ether oxygens (including phenoxy) is 2. The van der Waals surface area contributed by atoms with Crippen LogP contribution < -0.4 is 14.8 Å². The first kappa shape index (κ1) is 17.7. The fraction of sp³-hybridized carbons (Fsp3) is 0.294. The minimum absolute atomic E-state index is 0.0558. The van der Waals surface area contributed by atoms with Crippen molar-refractivity contribution < 1.29 is 19.1 Å². The highest BCUT2D eigenvalue weighted by Crippen LogP contribution is 2.37. The van der Waals surface area contributed by atoms with Crippen molar-refractivity contribution in [2.45, 2.75) is 13.8 Å². The van der Waals surface area contributed by atoms with Gasteiger partial charge in [-0.25, -0.2) is 4.79 Å². The second-order valence-corrected chi connectivity index (χ2v) is 5.20. The van der Waals surface area contributed by atoms with Crippen molar-refractivity contribution in [2.75, 3.05) is 19.8 Å². The van der Waals surface area contributed by atoms with Crippen molar-refractivity contribution in [1.82, 2.24) is 10.2 Å². The molecule has 1 aromatic carbocycles. The quantitative estimate of drug-likeness (QED) is 0.487. The Labute approximate surface area is 145 Å². The molecule has 0 aliphatic carbocycles. The van der Waals surface area contributed by atoms with E-state index in [0.29, 0.717) is 35.2 Å². The van der Waals surface area contributed by atoms with E-state index in [-0.39, 0.29) is 18.2 Å². The molecule has 1 aliphatic heterocycles. The molecule has 1 aromatic rings. The first-order valence-corrected chi connectivity index (χ1v) is 7.76. The van der Waals surface area contributed by atoms with Gasteiger partial charge in [0.25, 0.3) is 5.91 Å². The van der Waals surface area contributed by atoms with E-state index in [9.17, 15) is 9.59 Å². The number of amides is 3. The molecule has 6 nitrogen and oxygen atoms in total. The lowest BCUT2D eigenvalue weighted by Gasteiger charge is -2.13. The van der Waals surface area contributed by atoms with Crippen LogP contribution >= 0.6 is 11.6 Å². The molecule has 0 saturated carbocycles. The Kier molecular flexibility index (Phi) is 5.72. The van der Waals surface area contributed by atoms with Crippen LogP contribution in [0.4, 0.5) is 4.79 Å². The summed E-state index contributed by atoms with van der Waals surface area (Å²) in [7, 11) is 0. The molecular weight excluding hydrogens is 332 g/mol. The summed E-state index contributed by atoms with van der Waals surface area (Å²) in [6.45, 7) is 4.31. The van der Waals surface area contributed by atoms with Gasteiger partial charge in [0.05, 0.1) is 11.6 Å². The van der Waals surface area contributed by atoms with Gasteiger partial charge in [-0.2, -0.15) is 0 Å². The summed E-state index contributed by atoms with van der Waals surface area (Å²) in [5, 5.41) is 2.83. The molecule has 1 aliphatic rings. The highest BCUT2D eigenvalue weighted by Gasteiger charge is 2.32. The molecule has 0 atom stereocenters. The van der Waals surface area contributed by atoms with Crippen LogP contribution in [0.2, 0.25) is 5.02 Å². The van der Waals surface area contributed by atoms with E-state index in [2.05, 4.69) is 11.2 Å². The number of imide groups is 1. The summed E-state index contributed by atoms with van der Waals surface area (Å²) in [6.07, 6.45) is 6.73. The van der Waals surface area contributed by atoms with Gasteiger partial charge in [-0.1, -0.05) is 17.5 Å². The molecular formula is C17H17ClN2O4. The van der Waals surface area contributed by atoms with Crippen LogP contribution in [-0.4, -0.2) is 36.6 Å². The van der Waals surface area contributed by atoms with Crippen LogP contribution in [0.5, 0.6) is 11.5 Å². The van der Waals surface area contributed by atoms with Crippen LogP contribution in [0.25, 0.3) is 6.08 Å². The third-order valence-electron chi connectivity index (χ3n) is 3.22. The largest absolute Gasteiger partial charge is 0.490 e. The van der Waals surface area contributed by atoms with Crippen LogP contribution in [0.3, 0.4) is 0 Å². The maximum Gasteiger partial charge on any atom is 0.328 e. The van der Waals surface area contributed by atoms with Crippen LogP contribution in [0.1, 0.15) is 19.4 Å². The molecule has 126 valence electrons. The van der Waals surface area contributed by atoms with Gasteiger partial charge in [-0.3, -0.25) is 9.69 Å². The zero-order valence-electron chi connectivity index (χ0n) is 13.4. The molecule has 0 bridgehead atoms. The Hall–Kier alpha value is -2.65. The standard InChI is InChI=1S/C17H17ClN2O4/c1-4-7-24-15-12(18)8-11(10-14(15)23-6-3)9-13-16(21)20(5-2)17(22)19-13/h1,8-10H,5-7H2,2-3H3,(H,19,22)/b13-9+. The van der Waals surface area contributed by atoms with Gasteiger partial charge < -0.3 is 14.8 Å². The number of carbonyl (C=O) groups is 2. The van der Waals surface area contributed by atoms with E-state index in [1.54, 1.807) is 19.1 Å². The smallest absolute Gasteiger partial charge is 0.328 e. The average Bonchev–Trinajstić information content (AvgIpc) is 2.80. The SMILES string of the molecule is C#CCOc1c(Cl)cc(/C=C2/NC(=O)N(CC)C2=O)cc1OCC. The third-order valence-corrected chi connectivity index (χ3v) is 3.50. The average molecular weight is 349 g/mol. The fourth-order valence-corrected chi connectivity index (χ4v) is 2.49.